The standard InChI is InChI=1S/C35H38N2O5S/c1-3-20-37(2)24-32-22-34(29-14-12-26(25-38)13-15-29)42-35(41-32)30-18-16-28(17-19-30)31-9-7-8-27(21-31)23-36-43(39,40)33-10-5-4-6-11-33/h3-19,21,32,34-36,38H,1,20,22-25H2,2H3/t32-,34+,35+/m1/s1. The van der Waals surface area contributed by atoms with Crippen molar-refractivity contribution in [3.05, 3.63) is 138 Å². The zero-order valence-electron chi connectivity index (χ0n) is 24.3. The van der Waals surface area contributed by atoms with E-state index in [0.29, 0.717) is 0 Å². The van der Waals surface area contributed by atoms with E-state index < -0.39 is 16.3 Å². The average molecular weight is 599 g/mol. The Morgan fingerprint density at radius 1 is 0.884 bits per heavy atom. The Kier molecular flexibility index (Phi) is 10.2. The highest BCUT2D eigenvalue weighted by molar-refractivity contribution is 7.89. The zero-order valence-corrected chi connectivity index (χ0v) is 25.1. The van der Waals surface area contributed by atoms with E-state index in [1.54, 1.807) is 30.3 Å². The lowest BCUT2D eigenvalue weighted by atomic mass is 9.99. The fraction of sp³-hybridized carbons (Fsp3) is 0.257. The third-order valence-corrected chi connectivity index (χ3v) is 8.95. The second-order valence-corrected chi connectivity index (χ2v) is 12.6. The summed E-state index contributed by atoms with van der Waals surface area (Å²) in [5.74, 6) is 0. The normalized spacial score (nSPS) is 18.9. The van der Waals surface area contributed by atoms with Crippen molar-refractivity contribution in [3.63, 3.8) is 0 Å². The van der Waals surface area contributed by atoms with Crippen LogP contribution in [0.1, 0.15) is 41.1 Å². The number of ether oxygens (including phenoxy) is 2. The van der Waals surface area contributed by atoms with E-state index in [1.165, 1.54) is 0 Å². The summed E-state index contributed by atoms with van der Waals surface area (Å²) < 4.78 is 40.9. The molecule has 0 radical (unpaired) electrons. The summed E-state index contributed by atoms with van der Waals surface area (Å²) in [6.07, 6.45) is 1.88. The number of benzene rings is 4. The molecular weight excluding hydrogens is 560 g/mol. The molecule has 1 fully saturated rings. The Morgan fingerprint density at radius 3 is 2.30 bits per heavy atom. The number of likely N-dealkylation sites (N-methyl/N-ethyl adjacent to an activating group) is 1. The van der Waals surface area contributed by atoms with Crippen LogP contribution >= 0.6 is 0 Å². The molecule has 2 N–H and O–H groups in total. The van der Waals surface area contributed by atoms with Crippen molar-refractivity contribution < 1.29 is 23.0 Å². The molecule has 43 heavy (non-hydrogen) atoms. The summed E-state index contributed by atoms with van der Waals surface area (Å²) >= 11 is 0. The largest absolute Gasteiger partial charge is 0.392 e. The minimum atomic E-state index is -3.59. The third-order valence-electron chi connectivity index (χ3n) is 7.53. The van der Waals surface area contributed by atoms with Crippen molar-refractivity contribution in [1.29, 1.82) is 0 Å². The van der Waals surface area contributed by atoms with Crippen LogP contribution in [0, 0.1) is 0 Å². The molecule has 4 aromatic carbocycles. The molecule has 0 spiro atoms. The van der Waals surface area contributed by atoms with Crippen LogP contribution in [-0.2, 0) is 32.6 Å². The van der Waals surface area contributed by atoms with Crippen molar-refractivity contribution in [2.45, 2.75) is 43.0 Å². The molecule has 7 nitrogen and oxygen atoms in total. The molecule has 1 saturated heterocycles. The Hall–Kier alpha value is -3.63. The molecule has 4 aromatic rings. The smallest absolute Gasteiger partial charge is 0.240 e. The van der Waals surface area contributed by atoms with Crippen LogP contribution in [-0.4, -0.2) is 44.7 Å². The fourth-order valence-electron chi connectivity index (χ4n) is 5.23. The van der Waals surface area contributed by atoms with Crippen LogP contribution < -0.4 is 4.72 Å². The number of rotatable bonds is 12. The van der Waals surface area contributed by atoms with Crippen LogP contribution in [0.25, 0.3) is 11.1 Å². The summed E-state index contributed by atoms with van der Waals surface area (Å²) in [6.45, 7) is 5.56. The van der Waals surface area contributed by atoms with Crippen LogP contribution in [0.3, 0.4) is 0 Å². The van der Waals surface area contributed by atoms with E-state index >= 15 is 0 Å². The molecule has 0 unspecified atom stereocenters. The molecule has 0 bridgehead atoms. The Labute approximate surface area is 254 Å². The second-order valence-electron chi connectivity index (χ2n) is 10.8. The van der Waals surface area contributed by atoms with Crippen molar-refractivity contribution in [3.8, 4) is 11.1 Å². The van der Waals surface area contributed by atoms with Gasteiger partial charge in [0.2, 0.25) is 10.0 Å². The highest BCUT2D eigenvalue weighted by atomic mass is 32.2. The van der Waals surface area contributed by atoms with Gasteiger partial charge in [0.25, 0.3) is 0 Å². The van der Waals surface area contributed by atoms with E-state index in [9.17, 15) is 13.5 Å². The summed E-state index contributed by atoms with van der Waals surface area (Å²) in [7, 11) is -1.54. The first kappa shape index (κ1) is 30.8. The maximum absolute atomic E-state index is 12.7. The first-order valence-electron chi connectivity index (χ1n) is 14.4. The predicted octanol–water partition coefficient (Wildman–Crippen LogP) is 5.99. The van der Waals surface area contributed by atoms with Crippen LogP contribution in [0.5, 0.6) is 0 Å². The minimum absolute atomic E-state index is 0.00503. The Bertz CT molecular complexity index is 1590. The molecule has 0 aromatic heterocycles. The lowest BCUT2D eigenvalue weighted by Gasteiger charge is -2.37. The number of nitrogens with zero attached hydrogens (tertiary/aromatic N) is 1. The monoisotopic (exact) mass is 598 g/mol. The highest BCUT2D eigenvalue weighted by Crippen LogP contribution is 2.38. The van der Waals surface area contributed by atoms with Gasteiger partial charge in [0.15, 0.2) is 6.29 Å². The van der Waals surface area contributed by atoms with E-state index in [-0.39, 0.29) is 30.3 Å². The van der Waals surface area contributed by atoms with E-state index in [1.807, 2.05) is 78.9 Å². The SMILES string of the molecule is C=CCN(C)C[C@H]1C[C@@H](c2ccc(CO)cc2)O[C@@H](c2ccc(-c3cccc(CNS(=O)(=O)c4ccccc4)c3)cc2)O1. The van der Waals surface area contributed by atoms with E-state index in [0.717, 1.165) is 52.9 Å². The van der Waals surface area contributed by atoms with Gasteiger partial charge in [0, 0.05) is 31.6 Å². The van der Waals surface area contributed by atoms with Gasteiger partial charge in [-0.3, -0.25) is 0 Å². The number of hydrogen-bond acceptors (Lipinski definition) is 6. The minimum Gasteiger partial charge on any atom is -0.392 e. The van der Waals surface area contributed by atoms with Gasteiger partial charge in [-0.05, 0) is 53.1 Å². The molecule has 5 rings (SSSR count). The van der Waals surface area contributed by atoms with Gasteiger partial charge < -0.3 is 19.5 Å². The van der Waals surface area contributed by atoms with Crippen molar-refractivity contribution in [2.24, 2.45) is 0 Å². The molecule has 224 valence electrons. The summed E-state index contributed by atoms with van der Waals surface area (Å²) in [6, 6.07) is 32.2. The number of aliphatic hydroxyl groups is 1. The summed E-state index contributed by atoms with van der Waals surface area (Å²) in [4.78, 5) is 2.43. The van der Waals surface area contributed by atoms with Crippen LogP contribution in [0.4, 0.5) is 0 Å². The highest BCUT2D eigenvalue weighted by Gasteiger charge is 2.32. The second kappa shape index (κ2) is 14.2. The van der Waals surface area contributed by atoms with Crippen LogP contribution in [0.2, 0.25) is 0 Å². The Balaban J connectivity index is 1.30. The van der Waals surface area contributed by atoms with Crippen molar-refractivity contribution in [2.75, 3.05) is 20.1 Å². The average Bonchev–Trinajstić information content (AvgIpc) is 3.04. The number of sulfonamides is 1. The van der Waals surface area contributed by atoms with Crippen LogP contribution in [0.15, 0.2) is 121 Å². The maximum Gasteiger partial charge on any atom is 0.240 e. The molecule has 3 atom stereocenters. The van der Waals surface area contributed by atoms with Gasteiger partial charge in [-0.15, -0.1) is 6.58 Å². The van der Waals surface area contributed by atoms with E-state index in [2.05, 4.69) is 23.2 Å². The van der Waals surface area contributed by atoms with Gasteiger partial charge in [0.1, 0.15) is 0 Å². The molecule has 0 amide bonds. The molecule has 8 heteroatoms. The van der Waals surface area contributed by atoms with Gasteiger partial charge in [-0.1, -0.05) is 91.0 Å². The number of aliphatic hydroxyl groups excluding tert-OH is 1. The van der Waals surface area contributed by atoms with Gasteiger partial charge >= 0.3 is 0 Å². The zero-order chi connectivity index (χ0) is 30.2. The molecular formula is C35H38N2O5S. The lowest BCUT2D eigenvalue weighted by molar-refractivity contribution is -0.252. The van der Waals surface area contributed by atoms with E-state index in [4.69, 9.17) is 9.47 Å². The number of nitrogens with one attached hydrogen (secondary N) is 1. The third kappa shape index (κ3) is 8.06. The quantitative estimate of drug-likeness (QED) is 0.195. The van der Waals surface area contributed by atoms with Crippen molar-refractivity contribution in [1.82, 2.24) is 9.62 Å². The maximum atomic E-state index is 12.7. The summed E-state index contributed by atoms with van der Waals surface area (Å²) in [5.41, 5.74) is 5.69. The first-order valence-corrected chi connectivity index (χ1v) is 15.9. The van der Waals surface area contributed by atoms with Gasteiger partial charge in [-0.2, -0.15) is 0 Å². The van der Waals surface area contributed by atoms with Gasteiger partial charge in [0.05, 0.1) is 23.7 Å². The molecule has 1 heterocycles. The van der Waals surface area contributed by atoms with Gasteiger partial charge in [-0.25, -0.2) is 13.1 Å². The first-order chi connectivity index (χ1) is 20.8. The lowest BCUT2D eigenvalue weighted by Crippen LogP contribution is -2.37. The molecule has 0 aliphatic carbocycles. The fourth-order valence-corrected chi connectivity index (χ4v) is 6.27. The Morgan fingerprint density at radius 2 is 1.60 bits per heavy atom. The molecule has 1 aliphatic rings. The predicted molar refractivity (Wildman–Crippen MR) is 168 cm³/mol. The number of hydrogen-bond donors (Lipinski definition) is 2. The molecule has 0 saturated carbocycles. The van der Waals surface area contributed by atoms with Crippen molar-refractivity contribution >= 4 is 10.0 Å². The molecule has 1 aliphatic heterocycles. The summed E-state index contributed by atoms with van der Waals surface area (Å²) in [5, 5.41) is 9.45. The topological polar surface area (TPSA) is 88.1 Å².